The van der Waals surface area contributed by atoms with E-state index < -0.39 is 5.91 Å². The Morgan fingerprint density at radius 3 is 2.67 bits per heavy atom. The molecule has 110 valence electrons. The van der Waals surface area contributed by atoms with Gasteiger partial charge in [0.25, 0.3) is 5.91 Å². The lowest BCUT2D eigenvalue weighted by Gasteiger charge is -2.12. The Kier molecular flexibility index (Phi) is 4.80. The van der Waals surface area contributed by atoms with E-state index in [0.29, 0.717) is 16.0 Å². The lowest BCUT2D eigenvalue weighted by Crippen LogP contribution is -2.13. The van der Waals surface area contributed by atoms with Crippen molar-refractivity contribution in [3.8, 4) is 11.5 Å². The van der Waals surface area contributed by atoms with Gasteiger partial charge in [-0.2, -0.15) is 0 Å². The summed E-state index contributed by atoms with van der Waals surface area (Å²) in [5.41, 5.74) is 6.31. The molecule has 2 rings (SSSR count). The van der Waals surface area contributed by atoms with Gasteiger partial charge in [-0.15, -0.1) is 0 Å². The second kappa shape index (κ2) is 6.58. The number of halogens is 2. The average molecular weight is 354 g/mol. The van der Waals surface area contributed by atoms with Crippen molar-refractivity contribution >= 4 is 21.8 Å². The van der Waals surface area contributed by atoms with E-state index in [2.05, 4.69) is 15.9 Å². The van der Waals surface area contributed by atoms with Crippen LogP contribution >= 0.6 is 15.9 Å². The maximum Gasteiger partial charge on any atom is 0.252 e. The van der Waals surface area contributed by atoms with Gasteiger partial charge in [-0.3, -0.25) is 4.79 Å². The van der Waals surface area contributed by atoms with Crippen LogP contribution in [0.4, 0.5) is 4.39 Å². The van der Waals surface area contributed by atoms with Crippen LogP contribution in [-0.4, -0.2) is 13.0 Å². The summed E-state index contributed by atoms with van der Waals surface area (Å²) in [7, 11) is 1.50. The third-order valence-electron chi connectivity index (χ3n) is 2.85. The van der Waals surface area contributed by atoms with E-state index in [1.807, 2.05) is 0 Å². The zero-order chi connectivity index (χ0) is 15.4. The maximum absolute atomic E-state index is 13.0. The Morgan fingerprint density at radius 1 is 1.29 bits per heavy atom. The van der Waals surface area contributed by atoms with Crippen molar-refractivity contribution in [1.29, 1.82) is 0 Å². The number of rotatable bonds is 5. The molecule has 2 aromatic carbocycles. The monoisotopic (exact) mass is 353 g/mol. The van der Waals surface area contributed by atoms with E-state index in [1.54, 1.807) is 18.2 Å². The molecule has 0 aliphatic rings. The first-order chi connectivity index (χ1) is 10.0. The summed E-state index contributed by atoms with van der Waals surface area (Å²) in [5.74, 6) is -0.0893. The highest BCUT2D eigenvalue weighted by Crippen LogP contribution is 2.26. The number of amides is 1. The molecule has 0 saturated heterocycles. The minimum Gasteiger partial charge on any atom is -0.497 e. The Morgan fingerprint density at radius 2 is 2.05 bits per heavy atom. The maximum atomic E-state index is 13.0. The third kappa shape index (κ3) is 3.72. The van der Waals surface area contributed by atoms with Crippen LogP contribution in [0, 0.1) is 5.82 Å². The lowest BCUT2D eigenvalue weighted by molar-refractivity contribution is 0.0995. The molecule has 0 saturated carbocycles. The lowest BCUT2D eigenvalue weighted by atomic mass is 10.1. The van der Waals surface area contributed by atoms with Crippen LogP contribution in [0.1, 0.15) is 15.9 Å². The number of primary amides is 1. The quantitative estimate of drug-likeness (QED) is 0.897. The molecule has 21 heavy (non-hydrogen) atoms. The van der Waals surface area contributed by atoms with Crippen molar-refractivity contribution in [1.82, 2.24) is 0 Å². The van der Waals surface area contributed by atoms with Gasteiger partial charge in [-0.05, 0) is 30.3 Å². The van der Waals surface area contributed by atoms with Crippen LogP contribution in [0.2, 0.25) is 0 Å². The summed E-state index contributed by atoms with van der Waals surface area (Å²) in [6, 6.07) is 9.08. The molecule has 0 fully saturated rings. The van der Waals surface area contributed by atoms with E-state index in [1.165, 1.54) is 25.3 Å². The number of carbonyl (C=O) groups is 1. The van der Waals surface area contributed by atoms with Crippen LogP contribution in [0.25, 0.3) is 0 Å². The highest BCUT2D eigenvalue weighted by Gasteiger charge is 2.12. The number of methoxy groups -OCH3 is 1. The topological polar surface area (TPSA) is 61.6 Å². The standard InChI is InChI=1S/C15H13BrFNO3/c1-20-11-4-5-14(12(7-11)15(18)19)21-8-9-2-3-10(17)6-13(9)16/h2-7H,8H2,1H3,(H2,18,19). The van der Waals surface area contributed by atoms with E-state index in [-0.39, 0.29) is 18.0 Å². The molecule has 0 aromatic heterocycles. The SMILES string of the molecule is COc1ccc(OCc2ccc(F)cc2Br)c(C(N)=O)c1. The molecule has 2 N–H and O–H groups in total. The summed E-state index contributed by atoms with van der Waals surface area (Å²) in [4.78, 5) is 11.4. The summed E-state index contributed by atoms with van der Waals surface area (Å²) in [6.07, 6.45) is 0. The normalized spacial score (nSPS) is 10.2. The molecule has 4 nitrogen and oxygen atoms in total. The van der Waals surface area contributed by atoms with Gasteiger partial charge in [0.2, 0.25) is 0 Å². The van der Waals surface area contributed by atoms with Crippen LogP contribution in [0.15, 0.2) is 40.9 Å². The number of hydrogen-bond acceptors (Lipinski definition) is 3. The first kappa shape index (κ1) is 15.3. The smallest absolute Gasteiger partial charge is 0.252 e. The van der Waals surface area contributed by atoms with Gasteiger partial charge in [0.1, 0.15) is 23.9 Å². The largest absolute Gasteiger partial charge is 0.497 e. The van der Waals surface area contributed by atoms with Gasteiger partial charge in [-0.1, -0.05) is 22.0 Å². The Hall–Kier alpha value is -2.08. The van der Waals surface area contributed by atoms with Gasteiger partial charge in [-0.25, -0.2) is 4.39 Å². The number of nitrogens with two attached hydrogens (primary N) is 1. The summed E-state index contributed by atoms with van der Waals surface area (Å²) >= 11 is 3.26. The number of hydrogen-bond donors (Lipinski definition) is 1. The van der Waals surface area contributed by atoms with Crippen molar-refractivity contribution in [3.05, 3.63) is 57.8 Å². The molecular formula is C15H13BrFNO3. The zero-order valence-corrected chi connectivity index (χ0v) is 12.8. The molecule has 2 aromatic rings. The molecular weight excluding hydrogens is 341 g/mol. The Balaban J connectivity index is 2.21. The number of carbonyl (C=O) groups excluding carboxylic acids is 1. The molecule has 1 amide bonds. The van der Waals surface area contributed by atoms with Gasteiger partial charge in [0, 0.05) is 10.0 Å². The van der Waals surface area contributed by atoms with Gasteiger partial charge in [0.15, 0.2) is 0 Å². The molecule has 0 aliphatic carbocycles. The van der Waals surface area contributed by atoms with Gasteiger partial charge < -0.3 is 15.2 Å². The molecule has 0 atom stereocenters. The predicted molar refractivity (Wildman–Crippen MR) is 79.9 cm³/mol. The summed E-state index contributed by atoms with van der Waals surface area (Å²) in [5, 5.41) is 0. The average Bonchev–Trinajstić information content (AvgIpc) is 2.46. The van der Waals surface area contributed by atoms with E-state index in [9.17, 15) is 9.18 Å². The van der Waals surface area contributed by atoms with Crippen LogP contribution in [0.3, 0.4) is 0 Å². The molecule has 0 unspecified atom stereocenters. The predicted octanol–water partition coefficient (Wildman–Crippen LogP) is 3.27. The van der Waals surface area contributed by atoms with E-state index in [4.69, 9.17) is 15.2 Å². The van der Waals surface area contributed by atoms with Crippen molar-refractivity contribution in [2.24, 2.45) is 5.73 Å². The molecule has 0 bridgehead atoms. The van der Waals surface area contributed by atoms with Gasteiger partial charge >= 0.3 is 0 Å². The second-order valence-electron chi connectivity index (χ2n) is 4.25. The van der Waals surface area contributed by atoms with Gasteiger partial charge in [0.05, 0.1) is 12.7 Å². The third-order valence-corrected chi connectivity index (χ3v) is 3.59. The summed E-state index contributed by atoms with van der Waals surface area (Å²) < 4.78 is 24.3. The van der Waals surface area contributed by atoms with Crippen molar-refractivity contribution in [2.45, 2.75) is 6.61 Å². The second-order valence-corrected chi connectivity index (χ2v) is 5.11. The summed E-state index contributed by atoms with van der Waals surface area (Å²) in [6.45, 7) is 0.174. The molecule has 0 aliphatic heterocycles. The number of benzene rings is 2. The minimum atomic E-state index is -0.609. The van der Waals surface area contributed by atoms with Crippen LogP contribution < -0.4 is 15.2 Å². The van der Waals surface area contributed by atoms with E-state index >= 15 is 0 Å². The van der Waals surface area contributed by atoms with Crippen molar-refractivity contribution in [2.75, 3.05) is 7.11 Å². The first-order valence-corrected chi connectivity index (χ1v) is 6.85. The first-order valence-electron chi connectivity index (χ1n) is 6.06. The highest BCUT2D eigenvalue weighted by atomic mass is 79.9. The fourth-order valence-electron chi connectivity index (χ4n) is 1.75. The number of ether oxygens (including phenoxy) is 2. The highest BCUT2D eigenvalue weighted by molar-refractivity contribution is 9.10. The zero-order valence-electron chi connectivity index (χ0n) is 11.2. The Labute approximate surface area is 129 Å². The van der Waals surface area contributed by atoms with Crippen molar-refractivity contribution < 1.29 is 18.7 Å². The van der Waals surface area contributed by atoms with Crippen LogP contribution in [0.5, 0.6) is 11.5 Å². The fraction of sp³-hybridized carbons (Fsp3) is 0.133. The Bertz CT molecular complexity index is 676. The molecule has 0 spiro atoms. The fourth-order valence-corrected chi connectivity index (χ4v) is 2.21. The van der Waals surface area contributed by atoms with Crippen molar-refractivity contribution in [3.63, 3.8) is 0 Å². The van der Waals surface area contributed by atoms with Crippen LogP contribution in [-0.2, 0) is 6.61 Å². The molecule has 0 heterocycles. The minimum absolute atomic E-state index is 0.174. The van der Waals surface area contributed by atoms with E-state index in [0.717, 1.165) is 5.56 Å². The molecule has 0 radical (unpaired) electrons. The molecule has 6 heteroatoms.